The van der Waals surface area contributed by atoms with E-state index in [-0.39, 0.29) is 12.4 Å². The summed E-state index contributed by atoms with van der Waals surface area (Å²) in [6.07, 6.45) is 2.38. The zero-order chi connectivity index (χ0) is 23.0. The van der Waals surface area contributed by atoms with Crippen molar-refractivity contribution >= 4 is 11.9 Å². The van der Waals surface area contributed by atoms with Crippen molar-refractivity contribution in [1.82, 2.24) is 40.6 Å². The minimum Gasteiger partial charge on any atom is -0.337 e. The first kappa shape index (κ1) is 20.5. The molecule has 1 N–H and O–H groups in total. The van der Waals surface area contributed by atoms with Gasteiger partial charge in [0, 0.05) is 5.56 Å². The van der Waals surface area contributed by atoms with Gasteiger partial charge in [-0.05, 0) is 47.0 Å². The molecule has 2 aromatic carbocycles. The Morgan fingerprint density at radius 3 is 2.67 bits per heavy atom. The zero-order valence-corrected chi connectivity index (χ0v) is 18.0. The van der Waals surface area contributed by atoms with Gasteiger partial charge in [-0.2, -0.15) is 4.98 Å². The van der Waals surface area contributed by atoms with E-state index in [2.05, 4.69) is 37.9 Å². The second-order valence-corrected chi connectivity index (χ2v) is 7.81. The second-order valence-electron chi connectivity index (χ2n) is 7.81. The smallest absolute Gasteiger partial charge is 0.325 e. The van der Waals surface area contributed by atoms with Crippen molar-refractivity contribution < 1.29 is 14.1 Å². The molecule has 0 saturated carbocycles. The van der Waals surface area contributed by atoms with E-state index in [9.17, 15) is 9.59 Å². The number of imide groups is 1. The Bertz CT molecular complexity index is 1320. The molecule has 3 heterocycles. The highest BCUT2D eigenvalue weighted by molar-refractivity contribution is 6.07. The maximum atomic E-state index is 13.3. The lowest BCUT2D eigenvalue weighted by molar-refractivity contribution is -0.131. The first-order chi connectivity index (χ1) is 16.0. The number of aryl methyl sites for hydroxylation is 1. The Morgan fingerprint density at radius 2 is 1.94 bits per heavy atom. The van der Waals surface area contributed by atoms with Gasteiger partial charge in [0.05, 0.1) is 5.69 Å². The average Bonchev–Trinajstić information content (AvgIpc) is 3.58. The van der Waals surface area contributed by atoms with Crippen LogP contribution in [-0.4, -0.2) is 47.2 Å². The molecule has 0 bridgehead atoms. The van der Waals surface area contributed by atoms with E-state index in [1.165, 1.54) is 16.6 Å². The van der Waals surface area contributed by atoms with Crippen LogP contribution < -0.4 is 5.32 Å². The monoisotopic (exact) mass is 444 g/mol. The third-order valence-corrected chi connectivity index (χ3v) is 5.69. The van der Waals surface area contributed by atoms with Crippen LogP contribution >= 0.6 is 0 Å². The van der Waals surface area contributed by atoms with Crippen LogP contribution in [0.1, 0.15) is 30.9 Å². The third-order valence-electron chi connectivity index (χ3n) is 5.69. The van der Waals surface area contributed by atoms with Crippen molar-refractivity contribution in [1.29, 1.82) is 0 Å². The number of nitrogens with zero attached hydrogens (tertiary/aromatic N) is 7. The molecule has 0 spiro atoms. The van der Waals surface area contributed by atoms with Gasteiger partial charge in [0.2, 0.25) is 11.7 Å². The summed E-state index contributed by atoms with van der Waals surface area (Å²) in [5.41, 5.74) is 1.99. The fourth-order valence-corrected chi connectivity index (χ4v) is 3.74. The van der Waals surface area contributed by atoms with Crippen LogP contribution in [0.2, 0.25) is 0 Å². The van der Waals surface area contributed by atoms with Crippen LogP contribution in [0.25, 0.3) is 17.1 Å². The zero-order valence-electron chi connectivity index (χ0n) is 18.0. The number of nitrogens with one attached hydrogen (secondary N) is 1. The number of hydrogen-bond donors (Lipinski definition) is 1. The molecule has 4 aromatic rings. The highest BCUT2D eigenvalue weighted by Crippen LogP contribution is 2.31. The Kier molecular flexibility index (Phi) is 4.93. The van der Waals surface area contributed by atoms with Gasteiger partial charge in [0.15, 0.2) is 0 Å². The summed E-state index contributed by atoms with van der Waals surface area (Å²) in [4.78, 5) is 31.4. The Morgan fingerprint density at radius 1 is 1.12 bits per heavy atom. The molecule has 166 valence electrons. The molecule has 0 aliphatic carbocycles. The predicted molar refractivity (Wildman–Crippen MR) is 115 cm³/mol. The molecule has 0 radical (unpaired) electrons. The van der Waals surface area contributed by atoms with Crippen molar-refractivity contribution in [2.75, 3.05) is 0 Å². The number of carbonyl (C=O) groups excluding carboxylic acids is 2. The molecule has 5 rings (SSSR count). The van der Waals surface area contributed by atoms with Crippen molar-refractivity contribution in [3.8, 4) is 17.1 Å². The molecular formula is C22H20N8O3. The van der Waals surface area contributed by atoms with E-state index >= 15 is 0 Å². The molecule has 11 nitrogen and oxygen atoms in total. The van der Waals surface area contributed by atoms with E-state index in [0.29, 0.717) is 17.1 Å². The summed E-state index contributed by atoms with van der Waals surface area (Å²) < 4.78 is 6.79. The van der Waals surface area contributed by atoms with Gasteiger partial charge in [-0.1, -0.05) is 48.5 Å². The molecule has 11 heteroatoms. The molecule has 1 fully saturated rings. The largest absolute Gasteiger partial charge is 0.337 e. The Hall–Kier alpha value is -4.41. The first-order valence-corrected chi connectivity index (χ1v) is 10.4. The second kappa shape index (κ2) is 7.93. The molecule has 33 heavy (non-hydrogen) atoms. The molecule has 1 aliphatic rings. The maximum absolute atomic E-state index is 13.3. The summed E-state index contributed by atoms with van der Waals surface area (Å²) in [6, 6.07) is 14.4. The molecule has 1 unspecified atom stereocenters. The van der Waals surface area contributed by atoms with Crippen LogP contribution in [0.5, 0.6) is 0 Å². The minimum absolute atomic E-state index is 0.132. The number of aromatic nitrogens is 6. The van der Waals surface area contributed by atoms with Crippen LogP contribution in [0, 0.1) is 0 Å². The highest BCUT2D eigenvalue weighted by Gasteiger charge is 2.49. The molecule has 1 saturated heterocycles. The van der Waals surface area contributed by atoms with E-state index in [0.717, 1.165) is 16.9 Å². The molecular weight excluding hydrogens is 424 g/mol. The molecule has 2 aromatic heterocycles. The highest BCUT2D eigenvalue weighted by atomic mass is 16.5. The molecule has 3 amide bonds. The normalized spacial score (nSPS) is 18.1. The van der Waals surface area contributed by atoms with Crippen molar-refractivity contribution in [3.63, 3.8) is 0 Å². The number of benzene rings is 2. The van der Waals surface area contributed by atoms with Gasteiger partial charge < -0.3 is 9.84 Å². The Labute approximate surface area is 188 Å². The quantitative estimate of drug-likeness (QED) is 0.448. The number of rotatable bonds is 6. The predicted octanol–water partition coefficient (Wildman–Crippen LogP) is 2.24. The van der Waals surface area contributed by atoms with Gasteiger partial charge in [-0.25, -0.2) is 9.48 Å². The third kappa shape index (κ3) is 3.63. The number of urea groups is 1. The SMILES string of the molecule is CCc1ccc(-c2noc(CN3C(=O)NC(C)(c4cccc(-n5cnnn5)c4)C3=O)n2)cc1. The van der Waals surface area contributed by atoms with Crippen molar-refractivity contribution in [3.05, 3.63) is 71.9 Å². The number of amides is 3. The molecule has 1 aliphatic heterocycles. The van der Waals surface area contributed by atoms with Crippen LogP contribution in [0.15, 0.2) is 59.4 Å². The van der Waals surface area contributed by atoms with Gasteiger partial charge in [-0.3, -0.25) is 9.69 Å². The van der Waals surface area contributed by atoms with Gasteiger partial charge in [0.1, 0.15) is 18.4 Å². The van der Waals surface area contributed by atoms with Gasteiger partial charge in [-0.15, -0.1) is 5.10 Å². The van der Waals surface area contributed by atoms with E-state index in [1.807, 2.05) is 24.3 Å². The summed E-state index contributed by atoms with van der Waals surface area (Å²) >= 11 is 0. The van der Waals surface area contributed by atoms with Crippen LogP contribution in [0.4, 0.5) is 4.79 Å². The standard InChI is InChI=1S/C22H20N8O3/c1-3-14-7-9-15(10-8-14)19-24-18(33-26-19)12-29-20(31)22(2,25-21(29)32)16-5-4-6-17(11-16)30-13-23-27-28-30/h4-11,13H,3,12H2,1-2H3,(H,25,32). The van der Waals surface area contributed by atoms with Crippen molar-refractivity contribution in [2.45, 2.75) is 32.4 Å². The lowest BCUT2D eigenvalue weighted by Gasteiger charge is -2.22. The van der Waals surface area contributed by atoms with E-state index in [4.69, 9.17) is 4.52 Å². The fourth-order valence-electron chi connectivity index (χ4n) is 3.74. The van der Waals surface area contributed by atoms with Gasteiger partial charge >= 0.3 is 6.03 Å². The summed E-state index contributed by atoms with van der Waals surface area (Å²) in [5.74, 6) is 0.143. The van der Waals surface area contributed by atoms with Crippen LogP contribution in [0.3, 0.4) is 0 Å². The topological polar surface area (TPSA) is 132 Å². The lowest BCUT2D eigenvalue weighted by Crippen LogP contribution is -2.40. The lowest BCUT2D eigenvalue weighted by atomic mass is 9.91. The summed E-state index contributed by atoms with van der Waals surface area (Å²) in [7, 11) is 0. The maximum Gasteiger partial charge on any atom is 0.325 e. The van der Waals surface area contributed by atoms with E-state index in [1.54, 1.807) is 31.2 Å². The minimum atomic E-state index is -1.26. The van der Waals surface area contributed by atoms with Gasteiger partial charge in [0.25, 0.3) is 5.91 Å². The van der Waals surface area contributed by atoms with E-state index < -0.39 is 17.5 Å². The fraction of sp³-hybridized carbons (Fsp3) is 0.227. The summed E-state index contributed by atoms with van der Waals surface area (Å²) in [5, 5.41) is 17.9. The number of hydrogen-bond acceptors (Lipinski definition) is 8. The molecule has 1 atom stereocenters. The number of tetrazole rings is 1. The average molecular weight is 444 g/mol. The Balaban J connectivity index is 1.37. The van der Waals surface area contributed by atoms with Crippen molar-refractivity contribution in [2.24, 2.45) is 0 Å². The summed E-state index contributed by atoms with van der Waals surface area (Å²) in [6.45, 7) is 3.60. The first-order valence-electron chi connectivity index (χ1n) is 10.4. The number of carbonyl (C=O) groups is 2. The van der Waals surface area contributed by atoms with Crippen LogP contribution in [-0.2, 0) is 23.3 Å².